The lowest BCUT2D eigenvalue weighted by molar-refractivity contribution is -0.135. The number of imidazole rings is 1. The Kier molecular flexibility index (Phi) is 10.2. The van der Waals surface area contributed by atoms with Crippen molar-refractivity contribution in [2.75, 3.05) is 26.9 Å². The molecule has 5 aromatic rings. The summed E-state index contributed by atoms with van der Waals surface area (Å²) in [6.07, 6.45) is 7.69. The van der Waals surface area contributed by atoms with Crippen molar-refractivity contribution in [3.8, 4) is 11.1 Å². The average Bonchev–Trinajstić information content (AvgIpc) is 4.09. The van der Waals surface area contributed by atoms with Crippen LogP contribution in [0.1, 0.15) is 62.4 Å². The number of carbonyl (C=O) groups excluding carboxylic acids is 4. The number of nitrogens with zero attached hydrogens (tertiary/aromatic N) is 4. The van der Waals surface area contributed by atoms with Crippen molar-refractivity contribution in [2.45, 2.75) is 88.3 Å². The maximum atomic E-state index is 14.1. The van der Waals surface area contributed by atoms with E-state index in [0.29, 0.717) is 19.1 Å². The van der Waals surface area contributed by atoms with Crippen LogP contribution < -0.4 is 10.6 Å². The summed E-state index contributed by atoms with van der Waals surface area (Å²) in [6, 6.07) is 23.4. The van der Waals surface area contributed by atoms with Crippen molar-refractivity contribution in [3.63, 3.8) is 0 Å². The number of aromatic amines is 1. The van der Waals surface area contributed by atoms with Gasteiger partial charge in [0.15, 0.2) is 0 Å². The SMILES string of the molecule is COC(=O)N[C@H](C(=O)N1CCC[C@H]1C1=NC=C(c2ccc3cc(-c4ccc5c(ccc6[nH]c([C@@H]7C[Si](C)(C)CN7C(=O)[C@@H](NC(=O)OC)C7CC7)nc65)c4)ccc3c2)C1)C1CC1. The molecule has 13 nitrogen and oxygen atoms in total. The number of likely N-dealkylation sites (tertiary alicyclic amines) is 1. The molecule has 2 saturated heterocycles. The molecule has 4 amide bonds. The van der Waals surface area contributed by atoms with Crippen LogP contribution in [0.3, 0.4) is 0 Å². The first-order chi connectivity index (χ1) is 30.0. The Bertz CT molecular complexity index is 2720. The number of carbonyl (C=O) groups is 4. The predicted octanol–water partition coefficient (Wildman–Crippen LogP) is 8.11. The van der Waals surface area contributed by atoms with E-state index in [1.54, 1.807) is 0 Å². The number of benzene rings is 4. The number of fused-ring (bicyclic) bond motifs is 4. The lowest BCUT2D eigenvalue weighted by Gasteiger charge is -2.29. The number of allylic oxidation sites excluding steroid dienone is 1. The van der Waals surface area contributed by atoms with Crippen LogP contribution >= 0.6 is 0 Å². The van der Waals surface area contributed by atoms with Crippen molar-refractivity contribution in [1.82, 2.24) is 30.4 Å². The molecule has 0 radical (unpaired) electrons. The summed E-state index contributed by atoms with van der Waals surface area (Å²) in [5.74, 6) is 1.02. The van der Waals surface area contributed by atoms with Gasteiger partial charge in [-0.3, -0.25) is 14.6 Å². The fourth-order valence-electron chi connectivity index (χ4n) is 10.1. The second-order valence-electron chi connectivity index (χ2n) is 18.7. The highest BCUT2D eigenvalue weighted by Gasteiger charge is 2.48. The van der Waals surface area contributed by atoms with E-state index in [-0.39, 0.29) is 35.7 Å². The summed E-state index contributed by atoms with van der Waals surface area (Å²) in [5.41, 5.74) is 7.31. The summed E-state index contributed by atoms with van der Waals surface area (Å²) in [6.45, 7) is 5.29. The molecule has 0 unspecified atom stereocenters. The van der Waals surface area contributed by atoms with Gasteiger partial charge in [-0.25, -0.2) is 14.6 Å². The van der Waals surface area contributed by atoms with Crippen LogP contribution in [-0.4, -0.2) is 103 Å². The van der Waals surface area contributed by atoms with Gasteiger partial charge in [0.05, 0.1) is 45.4 Å². The summed E-state index contributed by atoms with van der Waals surface area (Å²) >= 11 is 0. The number of hydrogen-bond acceptors (Lipinski definition) is 8. The molecule has 2 saturated carbocycles. The van der Waals surface area contributed by atoms with Crippen LogP contribution in [0.25, 0.3) is 49.3 Å². The number of rotatable bonds is 10. The van der Waals surface area contributed by atoms with Gasteiger partial charge in [-0.2, -0.15) is 0 Å². The zero-order chi connectivity index (χ0) is 42.9. The van der Waals surface area contributed by atoms with Crippen molar-refractivity contribution in [3.05, 3.63) is 84.3 Å². The fraction of sp³-hybridized carbons (Fsp3) is 0.417. The maximum Gasteiger partial charge on any atom is 0.407 e. The molecule has 4 atom stereocenters. The minimum absolute atomic E-state index is 0.0333. The highest BCUT2D eigenvalue weighted by atomic mass is 28.3. The molecular weight excluding hydrogens is 799 g/mol. The van der Waals surface area contributed by atoms with Gasteiger partial charge >= 0.3 is 12.2 Å². The molecule has 320 valence electrons. The Morgan fingerprint density at radius 1 is 0.742 bits per heavy atom. The molecule has 4 fully saturated rings. The lowest BCUT2D eigenvalue weighted by Crippen LogP contribution is -2.52. The first kappa shape index (κ1) is 40.1. The number of H-pyrrole nitrogens is 1. The van der Waals surface area contributed by atoms with Gasteiger partial charge in [-0.1, -0.05) is 55.6 Å². The van der Waals surface area contributed by atoms with Crippen LogP contribution in [-0.2, 0) is 19.1 Å². The van der Waals surface area contributed by atoms with Gasteiger partial charge in [0.1, 0.15) is 17.9 Å². The van der Waals surface area contributed by atoms with Crippen molar-refractivity contribution in [2.24, 2.45) is 16.8 Å². The van der Waals surface area contributed by atoms with Gasteiger partial charge < -0.3 is 34.9 Å². The van der Waals surface area contributed by atoms with Crippen LogP contribution in [0.4, 0.5) is 9.59 Å². The summed E-state index contributed by atoms with van der Waals surface area (Å²) in [7, 11) is 0.903. The molecule has 4 heterocycles. The summed E-state index contributed by atoms with van der Waals surface area (Å²) in [5, 5.41) is 10.0. The van der Waals surface area contributed by atoms with Crippen molar-refractivity contribution < 1.29 is 28.7 Å². The molecular formula is C48H53N7O6Si. The quantitative estimate of drug-likeness (QED) is 0.120. The van der Waals surface area contributed by atoms with Gasteiger partial charge in [0.25, 0.3) is 0 Å². The van der Waals surface area contributed by atoms with Crippen LogP contribution in [0.2, 0.25) is 19.1 Å². The molecule has 1 aromatic heterocycles. The highest BCUT2D eigenvalue weighted by molar-refractivity contribution is 6.78. The molecule has 0 spiro atoms. The minimum Gasteiger partial charge on any atom is -0.453 e. The number of alkyl carbamates (subject to hydrolysis) is 2. The van der Waals surface area contributed by atoms with E-state index in [2.05, 4.69) is 95.4 Å². The van der Waals surface area contributed by atoms with Crippen LogP contribution in [0.15, 0.2) is 77.9 Å². The smallest absolute Gasteiger partial charge is 0.407 e. The largest absolute Gasteiger partial charge is 0.453 e. The fourth-order valence-corrected chi connectivity index (χ4v) is 13.0. The molecule has 4 aromatic carbocycles. The zero-order valence-electron chi connectivity index (χ0n) is 35.7. The van der Waals surface area contributed by atoms with E-state index >= 15 is 0 Å². The molecule has 3 N–H and O–H groups in total. The molecule has 5 aliphatic rings. The normalized spacial score (nSPS) is 21.8. The number of nitrogens with one attached hydrogen (secondary N) is 3. The molecule has 14 heteroatoms. The number of hydrogen-bond donors (Lipinski definition) is 3. The van der Waals surface area contributed by atoms with E-state index in [4.69, 9.17) is 19.5 Å². The number of aromatic nitrogens is 2. The second kappa shape index (κ2) is 15.7. The number of ether oxygens (including phenoxy) is 2. The first-order valence-corrected chi connectivity index (χ1v) is 25.4. The molecule has 3 aliphatic heterocycles. The average molecular weight is 852 g/mol. The lowest BCUT2D eigenvalue weighted by atomic mass is 9.94. The van der Waals surface area contributed by atoms with Crippen LogP contribution in [0, 0.1) is 11.8 Å². The van der Waals surface area contributed by atoms with E-state index in [1.165, 1.54) is 14.2 Å². The van der Waals surface area contributed by atoms with Gasteiger partial charge in [-0.05, 0) is 119 Å². The van der Waals surface area contributed by atoms with Crippen molar-refractivity contribution >= 4 is 75.9 Å². The van der Waals surface area contributed by atoms with Gasteiger partial charge in [0.2, 0.25) is 11.8 Å². The van der Waals surface area contributed by atoms with Gasteiger partial charge in [0, 0.05) is 36.4 Å². The van der Waals surface area contributed by atoms with Crippen LogP contribution in [0.5, 0.6) is 0 Å². The molecule has 0 bridgehead atoms. The third-order valence-corrected chi connectivity index (χ3v) is 16.4. The standard InChI is InChI=1S/C48H53N7O6Si/c1-60-47(58)52-41(27-7-8-27)45(56)54-19-5-6-39(54)38-23-35(24-49-38)33-14-13-29-20-30(11-12-31(29)21-33)32-15-17-36-34(22-32)16-18-37-43(36)51-44(50-37)40-25-62(3,4)26-55(40)46(57)42(28-9-10-28)53-48(59)61-2/h11-18,20-22,24,27-28,39-42H,5-10,19,23,25-26H2,1-4H3,(H,50,51)(H,52,58)(H,53,59)/t39-,40-,41-,42-/m0/s1. The first-order valence-electron chi connectivity index (χ1n) is 22.0. The number of methoxy groups -OCH3 is 2. The Morgan fingerprint density at radius 2 is 1.34 bits per heavy atom. The highest BCUT2D eigenvalue weighted by Crippen LogP contribution is 2.42. The van der Waals surface area contributed by atoms with Gasteiger partial charge in [-0.15, -0.1) is 0 Å². The summed E-state index contributed by atoms with van der Waals surface area (Å²) < 4.78 is 9.69. The Balaban J connectivity index is 0.846. The third kappa shape index (κ3) is 7.62. The van der Waals surface area contributed by atoms with E-state index in [9.17, 15) is 19.2 Å². The molecule has 62 heavy (non-hydrogen) atoms. The summed E-state index contributed by atoms with van der Waals surface area (Å²) in [4.78, 5) is 69.5. The number of aliphatic imine (C=N–C) groups is 1. The topological polar surface area (TPSA) is 158 Å². The second-order valence-corrected chi connectivity index (χ2v) is 23.7. The molecule has 10 rings (SSSR count). The van der Waals surface area contributed by atoms with Crippen molar-refractivity contribution in [1.29, 1.82) is 0 Å². The zero-order valence-corrected chi connectivity index (χ0v) is 36.7. The van der Waals surface area contributed by atoms with E-state index in [1.807, 2.05) is 16.0 Å². The Morgan fingerprint density at radius 3 is 2.00 bits per heavy atom. The Hall–Kier alpha value is -6.02. The molecule has 2 aliphatic carbocycles. The van der Waals surface area contributed by atoms with E-state index in [0.717, 1.165) is 111 Å². The minimum atomic E-state index is -1.75. The maximum absolute atomic E-state index is 14.1. The number of amides is 4. The Labute approximate surface area is 361 Å². The monoisotopic (exact) mass is 851 g/mol. The predicted molar refractivity (Wildman–Crippen MR) is 242 cm³/mol. The van der Waals surface area contributed by atoms with E-state index < -0.39 is 32.3 Å². The third-order valence-electron chi connectivity index (χ3n) is 13.7.